The highest BCUT2D eigenvalue weighted by Crippen LogP contribution is 2.49. The van der Waals surface area contributed by atoms with Crippen molar-refractivity contribution in [2.24, 2.45) is 11.3 Å². The number of carbonyl (C=O) groups is 1. The molecule has 0 aromatic rings. The number of ether oxygens (including phenoxy) is 1. The van der Waals surface area contributed by atoms with Gasteiger partial charge in [-0.25, -0.2) is 0 Å². The fourth-order valence-corrected chi connectivity index (χ4v) is 2.97. The zero-order chi connectivity index (χ0) is 12.3. The van der Waals surface area contributed by atoms with Crippen molar-refractivity contribution in [2.75, 3.05) is 19.0 Å². The fourth-order valence-electron chi connectivity index (χ4n) is 2.55. The van der Waals surface area contributed by atoms with Crippen molar-refractivity contribution in [2.45, 2.75) is 45.1 Å². The first-order valence-corrected chi connectivity index (χ1v) is 7.26. The largest absolute Gasteiger partial charge is 0.381 e. The molecule has 98 valence electrons. The van der Waals surface area contributed by atoms with Crippen molar-refractivity contribution < 1.29 is 9.53 Å². The first-order valence-electron chi connectivity index (χ1n) is 6.63. The summed E-state index contributed by atoms with van der Waals surface area (Å²) >= 11 is 4.33. The van der Waals surface area contributed by atoms with Gasteiger partial charge in [0.05, 0.1) is 0 Å². The van der Waals surface area contributed by atoms with Crippen molar-refractivity contribution in [1.29, 1.82) is 0 Å². The summed E-state index contributed by atoms with van der Waals surface area (Å²) in [6, 6.07) is 0.280. The lowest BCUT2D eigenvalue weighted by atomic mass is 9.92. The maximum atomic E-state index is 11.9. The van der Waals surface area contributed by atoms with Crippen LogP contribution in [0.5, 0.6) is 0 Å². The Morgan fingerprint density at radius 3 is 2.65 bits per heavy atom. The second-order valence-electron chi connectivity index (χ2n) is 5.64. The average Bonchev–Trinajstić information content (AvgIpc) is 3.10. The van der Waals surface area contributed by atoms with E-state index in [0.717, 1.165) is 44.6 Å². The summed E-state index contributed by atoms with van der Waals surface area (Å²) in [5.74, 6) is 1.63. The van der Waals surface area contributed by atoms with Crippen molar-refractivity contribution in [1.82, 2.24) is 5.32 Å². The zero-order valence-corrected chi connectivity index (χ0v) is 11.5. The first-order chi connectivity index (χ1) is 8.15. The summed E-state index contributed by atoms with van der Waals surface area (Å²) in [7, 11) is 0. The molecule has 1 heterocycles. The lowest BCUT2D eigenvalue weighted by Gasteiger charge is -2.28. The maximum Gasteiger partial charge on any atom is 0.220 e. The second kappa shape index (κ2) is 5.61. The third kappa shape index (κ3) is 3.62. The van der Waals surface area contributed by atoms with Crippen molar-refractivity contribution >= 4 is 18.5 Å². The van der Waals surface area contributed by atoms with Crippen LogP contribution in [0.4, 0.5) is 0 Å². The highest BCUT2D eigenvalue weighted by molar-refractivity contribution is 7.80. The van der Waals surface area contributed by atoms with Crippen molar-refractivity contribution in [3.63, 3.8) is 0 Å². The summed E-state index contributed by atoms with van der Waals surface area (Å²) in [5, 5.41) is 3.15. The SMILES string of the molecule is CC(NC(=O)CC1(CS)CC1)C1CCOCC1. The predicted molar refractivity (Wildman–Crippen MR) is 71.3 cm³/mol. The molecule has 2 rings (SSSR count). The molecule has 3 nitrogen and oxygen atoms in total. The van der Waals surface area contributed by atoms with E-state index in [1.807, 2.05) is 0 Å². The van der Waals surface area contributed by atoms with Crippen LogP contribution in [-0.4, -0.2) is 30.9 Å². The summed E-state index contributed by atoms with van der Waals surface area (Å²) in [4.78, 5) is 11.9. The quantitative estimate of drug-likeness (QED) is 0.740. The fraction of sp³-hybridized carbons (Fsp3) is 0.923. The van der Waals surface area contributed by atoms with Gasteiger partial charge < -0.3 is 10.1 Å². The van der Waals surface area contributed by atoms with E-state index in [-0.39, 0.29) is 17.4 Å². The molecule has 1 aliphatic heterocycles. The van der Waals surface area contributed by atoms with E-state index in [9.17, 15) is 4.79 Å². The van der Waals surface area contributed by atoms with Gasteiger partial charge in [-0.1, -0.05) is 0 Å². The minimum absolute atomic E-state index is 0.204. The number of rotatable bonds is 5. The minimum Gasteiger partial charge on any atom is -0.381 e. The second-order valence-corrected chi connectivity index (χ2v) is 5.96. The van der Waals surface area contributed by atoms with Crippen molar-refractivity contribution in [3.05, 3.63) is 0 Å². The molecule has 0 radical (unpaired) electrons. The molecule has 1 atom stereocenters. The molecular formula is C13H23NO2S. The molecule has 0 spiro atoms. The Bertz CT molecular complexity index is 273. The lowest BCUT2D eigenvalue weighted by molar-refractivity contribution is -0.123. The molecule has 17 heavy (non-hydrogen) atoms. The molecule has 2 fully saturated rings. The smallest absolute Gasteiger partial charge is 0.220 e. The molecule has 0 aromatic carbocycles. The number of hydrogen-bond acceptors (Lipinski definition) is 3. The van der Waals surface area contributed by atoms with Crippen molar-refractivity contribution in [3.8, 4) is 0 Å². The van der Waals surface area contributed by atoms with Crippen LogP contribution in [-0.2, 0) is 9.53 Å². The van der Waals surface area contributed by atoms with E-state index < -0.39 is 0 Å². The highest BCUT2D eigenvalue weighted by atomic mass is 32.1. The molecule has 1 N–H and O–H groups in total. The van der Waals surface area contributed by atoms with Gasteiger partial charge in [0.15, 0.2) is 0 Å². The Morgan fingerprint density at radius 1 is 1.47 bits per heavy atom. The third-order valence-corrected chi connectivity index (χ3v) is 4.86. The predicted octanol–water partition coefficient (Wildman–Crippen LogP) is 2.02. The van der Waals surface area contributed by atoms with E-state index in [1.54, 1.807) is 0 Å². The maximum absolute atomic E-state index is 11.9. The van der Waals surface area contributed by atoms with Crippen LogP contribution in [0.25, 0.3) is 0 Å². The summed E-state index contributed by atoms with van der Waals surface area (Å²) < 4.78 is 5.34. The Kier molecular flexibility index (Phi) is 4.36. The average molecular weight is 257 g/mol. The van der Waals surface area contributed by atoms with Gasteiger partial charge in [-0.15, -0.1) is 0 Å². The van der Waals surface area contributed by atoms with Gasteiger partial charge in [0.2, 0.25) is 5.91 Å². The number of hydrogen-bond donors (Lipinski definition) is 2. The van der Waals surface area contributed by atoms with E-state index in [2.05, 4.69) is 24.9 Å². The number of nitrogens with one attached hydrogen (secondary N) is 1. The molecular weight excluding hydrogens is 234 g/mol. The van der Waals surface area contributed by atoms with Gasteiger partial charge in [0.1, 0.15) is 0 Å². The van der Waals surface area contributed by atoms with Crippen LogP contribution in [0.1, 0.15) is 39.0 Å². The Hall–Kier alpha value is -0.220. The van der Waals surface area contributed by atoms with E-state index in [4.69, 9.17) is 4.74 Å². The Morgan fingerprint density at radius 2 is 2.12 bits per heavy atom. The molecule has 1 aliphatic carbocycles. The number of amides is 1. The summed E-state index contributed by atoms with van der Waals surface area (Å²) in [5.41, 5.74) is 0.225. The first kappa shape index (κ1) is 13.2. The van der Waals surface area contributed by atoms with Crippen LogP contribution in [0.15, 0.2) is 0 Å². The molecule has 0 bridgehead atoms. The van der Waals surface area contributed by atoms with Gasteiger partial charge in [0, 0.05) is 25.7 Å². The molecule has 4 heteroatoms. The van der Waals surface area contributed by atoms with E-state index >= 15 is 0 Å². The van der Waals surface area contributed by atoms with Gasteiger partial charge in [-0.2, -0.15) is 12.6 Å². The molecule has 1 saturated carbocycles. The van der Waals surface area contributed by atoms with Crippen LogP contribution < -0.4 is 5.32 Å². The van der Waals surface area contributed by atoms with Crippen LogP contribution in [0.3, 0.4) is 0 Å². The molecule has 2 aliphatic rings. The number of thiol groups is 1. The number of carbonyl (C=O) groups excluding carboxylic acids is 1. The Balaban J connectivity index is 1.73. The molecule has 1 unspecified atom stereocenters. The topological polar surface area (TPSA) is 38.3 Å². The third-order valence-electron chi connectivity index (χ3n) is 4.19. The summed E-state index contributed by atoms with van der Waals surface area (Å²) in [6.07, 6.45) is 5.12. The lowest BCUT2D eigenvalue weighted by Crippen LogP contribution is -2.41. The minimum atomic E-state index is 0.204. The monoisotopic (exact) mass is 257 g/mol. The van der Waals surface area contributed by atoms with Gasteiger partial charge in [-0.3, -0.25) is 4.79 Å². The van der Waals surface area contributed by atoms with Crippen LogP contribution in [0.2, 0.25) is 0 Å². The highest BCUT2D eigenvalue weighted by Gasteiger charge is 2.43. The van der Waals surface area contributed by atoms with Gasteiger partial charge in [-0.05, 0) is 49.7 Å². The van der Waals surface area contributed by atoms with Crippen LogP contribution >= 0.6 is 12.6 Å². The normalized spacial score (nSPS) is 25.3. The molecule has 1 amide bonds. The van der Waals surface area contributed by atoms with E-state index in [1.165, 1.54) is 0 Å². The van der Waals surface area contributed by atoms with Gasteiger partial charge in [0.25, 0.3) is 0 Å². The zero-order valence-electron chi connectivity index (χ0n) is 10.6. The van der Waals surface area contributed by atoms with Crippen LogP contribution in [0, 0.1) is 11.3 Å². The summed E-state index contributed by atoms with van der Waals surface area (Å²) in [6.45, 7) is 3.80. The Labute approximate surface area is 109 Å². The van der Waals surface area contributed by atoms with E-state index in [0.29, 0.717) is 12.3 Å². The molecule has 0 aromatic heterocycles. The van der Waals surface area contributed by atoms with Gasteiger partial charge >= 0.3 is 0 Å². The molecule has 1 saturated heterocycles. The standard InChI is InChI=1S/C13H23NO2S/c1-10(11-2-6-16-7-3-11)14-12(15)8-13(9-17)4-5-13/h10-11,17H,2-9H2,1H3,(H,14,15).